The minimum Gasteiger partial charge on any atom is -0.387 e. The average molecular weight is 267 g/mol. The van der Waals surface area contributed by atoms with E-state index >= 15 is 0 Å². The number of nitrogens with one attached hydrogen (secondary N) is 3. The molecule has 8 heteroatoms. The second-order valence-electron chi connectivity index (χ2n) is 3.55. The van der Waals surface area contributed by atoms with E-state index < -0.39 is 10.0 Å². The summed E-state index contributed by atoms with van der Waals surface area (Å²) in [7, 11) is -1.94. The Bertz CT molecular complexity index is 609. The van der Waals surface area contributed by atoms with Gasteiger partial charge in [0.1, 0.15) is 4.90 Å². The van der Waals surface area contributed by atoms with Crippen molar-refractivity contribution in [1.82, 2.24) is 19.9 Å². The predicted molar refractivity (Wildman–Crippen MR) is 66.4 cm³/mol. The number of nitrogens with zero attached hydrogens (tertiary/aromatic N) is 2. The second kappa shape index (κ2) is 5.15. The van der Waals surface area contributed by atoms with Crippen molar-refractivity contribution in [3.8, 4) is 0 Å². The molecule has 0 saturated heterocycles. The van der Waals surface area contributed by atoms with Crippen LogP contribution in [0.2, 0.25) is 0 Å². The molecule has 18 heavy (non-hydrogen) atoms. The zero-order chi connectivity index (χ0) is 13.0. The third kappa shape index (κ3) is 2.66. The van der Waals surface area contributed by atoms with Crippen LogP contribution in [0.4, 0.5) is 5.69 Å². The molecule has 0 amide bonds. The lowest BCUT2D eigenvalue weighted by Crippen LogP contribution is -2.24. The Kier molecular flexibility index (Phi) is 3.58. The van der Waals surface area contributed by atoms with Gasteiger partial charge in [-0.05, 0) is 6.07 Å². The molecule has 0 fully saturated rings. The Labute approximate surface area is 105 Å². The number of hydrogen-bond donors (Lipinski definition) is 3. The van der Waals surface area contributed by atoms with E-state index in [1.165, 1.54) is 12.4 Å². The van der Waals surface area contributed by atoms with Crippen LogP contribution in [-0.2, 0) is 16.6 Å². The van der Waals surface area contributed by atoms with Crippen LogP contribution >= 0.6 is 0 Å². The Balaban J connectivity index is 2.20. The Morgan fingerprint density at radius 3 is 2.89 bits per heavy atom. The Hall–Kier alpha value is -1.93. The molecule has 0 bridgehead atoms. The minimum absolute atomic E-state index is 0.121. The smallest absolute Gasteiger partial charge is 0.244 e. The van der Waals surface area contributed by atoms with Gasteiger partial charge in [-0.1, -0.05) is 0 Å². The SMILES string of the molecule is CNc1ccncc1S(=O)(=O)NCc1cn[nH]c1. The maximum absolute atomic E-state index is 12.1. The number of anilines is 1. The molecule has 0 unspecified atom stereocenters. The van der Waals surface area contributed by atoms with Gasteiger partial charge in [0.2, 0.25) is 10.0 Å². The molecule has 2 rings (SSSR count). The quantitative estimate of drug-likeness (QED) is 0.724. The maximum atomic E-state index is 12.1. The van der Waals surface area contributed by atoms with Crippen LogP contribution in [0.3, 0.4) is 0 Å². The molecule has 0 saturated carbocycles. The molecule has 0 aliphatic rings. The summed E-state index contributed by atoms with van der Waals surface area (Å²) < 4.78 is 26.7. The standard InChI is InChI=1S/C10H13N5O2S/c1-11-9-2-3-12-7-10(9)18(16,17)15-6-8-4-13-14-5-8/h2-5,7,15H,6H2,1H3,(H,11,12)(H,13,14). The summed E-state index contributed by atoms with van der Waals surface area (Å²) in [6.45, 7) is 0.177. The number of H-pyrrole nitrogens is 1. The maximum Gasteiger partial charge on any atom is 0.244 e. The molecular weight excluding hydrogens is 254 g/mol. The van der Waals surface area contributed by atoms with E-state index in [0.29, 0.717) is 5.69 Å². The van der Waals surface area contributed by atoms with Crippen molar-refractivity contribution >= 4 is 15.7 Å². The highest BCUT2D eigenvalue weighted by Crippen LogP contribution is 2.18. The number of rotatable bonds is 5. The van der Waals surface area contributed by atoms with Crippen molar-refractivity contribution in [2.45, 2.75) is 11.4 Å². The van der Waals surface area contributed by atoms with Crippen molar-refractivity contribution in [2.24, 2.45) is 0 Å². The molecular formula is C10H13N5O2S. The zero-order valence-corrected chi connectivity index (χ0v) is 10.5. The second-order valence-corrected chi connectivity index (χ2v) is 5.29. The fraction of sp³-hybridized carbons (Fsp3) is 0.200. The van der Waals surface area contributed by atoms with Crippen LogP contribution in [0.5, 0.6) is 0 Å². The predicted octanol–water partition coefficient (Wildman–Crippen LogP) is 0.325. The first-order valence-corrected chi connectivity index (χ1v) is 6.71. The lowest BCUT2D eigenvalue weighted by Gasteiger charge is -2.09. The first-order chi connectivity index (χ1) is 8.63. The molecule has 0 atom stereocenters. The molecule has 2 heterocycles. The average Bonchev–Trinajstić information content (AvgIpc) is 2.89. The Morgan fingerprint density at radius 1 is 1.39 bits per heavy atom. The molecule has 7 nitrogen and oxygen atoms in total. The lowest BCUT2D eigenvalue weighted by atomic mass is 10.4. The van der Waals surface area contributed by atoms with E-state index in [-0.39, 0.29) is 11.4 Å². The van der Waals surface area contributed by atoms with Crippen LogP contribution in [0, 0.1) is 0 Å². The van der Waals surface area contributed by atoms with Crippen molar-refractivity contribution in [3.63, 3.8) is 0 Å². The summed E-state index contributed by atoms with van der Waals surface area (Å²) in [6, 6.07) is 1.60. The summed E-state index contributed by atoms with van der Waals surface area (Å²) in [4.78, 5) is 3.95. The molecule has 2 aromatic rings. The number of aromatic nitrogens is 3. The minimum atomic E-state index is -3.60. The lowest BCUT2D eigenvalue weighted by molar-refractivity contribution is 0.581. The van der Waals surface area contributed by atoms with Gasteiger partial charge >= 0.3 is 0 Å². The van der Waals surface area contributed by atoms with Gasteiger partial charge in [-0.15, -0.1) is 0 Å². The van der Waals surface area contributed by atoms with Crippen LogP contribution < -0.4 is 10.0 Å². The normalized spacial score (nSPS) is 11.4. The van der Waals surface area contributed by atoms with Gasteiger partial charge < -0.3 is 5.32 Å². The fourth-order valence-corrected chi connectivity index (χ4v) is 2.60. The van der Waals surface area contributed by atoms with Gasteiger partial charge in [0.25, 0.3) is 0 Å². The molecule has 0 spiro atoms. The first kappa shape index (κ1) is 12.5. The third-order valence-corrected chi connectivity index (χ3v) is 3.79. The summed E-state index contributed by atoms with van der Waals surface area (Å²) >= 11 is 0. The van der Waals surface area contributed by atoms with Gasteiger partial charge in [0, 0.05) is 37.7 Å². The van der Waals surface area contributed by atoms with Gasteiger partial charge in [-0.2, -0.15) is 5.10 Å². The topological polar surface area (TPSA) is 99.8 Å². The molecule has 0 radical (unpaired) electrons. The van der Waals surface area contributed by atoms with Crippen molar-refractivity contribution in [1.29, 1.82) is 0 Å². The van der Waals surface area contributed by atoms with Gasteiger partial charge in [-0.3, -0.25) is 10.1 Å². The summed E-state index contributed by atoms with van der Waals surface area (Å²) in [6.07, 6.45) is 6.03. The van der Waals surface area contributed by atoms with E-state index in [4.69, 9.17) is 0 Å². The molecule has 0 aliphatic carbocycles. The van der Waals surface area contributed by atoms with E-state index in [0.717, 1.165) is 5.56 Å². The van der Waals surface area contributed by atoms with Gasteiger partial charge in [0.15, 0.2) is 0 Å². The van der Waals surface area contributed by atoms with E-state index in [2.05, 4.69) is 25.2 Å². The first-order valence-electron chi connectivity index (χ1n) is 5.22. The third-order valence-electron chi connectivity index (χ3n) is 2.36. The molecule has 0 aromatic carbocycles. The molecule has 3 N–H and O–H groups in total. The summed E-state index contributed by atoms with van der Waals surface area (Å²) in [5.74, 6) is 0. The van der Waals surface area contributed by atoms with Crippen LogP contribution in [-0.4, -0.2) is 30.6 Å². The van der Waals surface area contributed by atoms with Crippen molar-refractivity contribution in [2.75, 3.05) is 12.4 Å². The molecule has 0 aliphatic heterocycles. The zero-order valence-electron chi connectivity index (χ0n) is 9.71. The molecule has 96 valence electrons. The van der Waals surface area contributed by atoms with E-state index in [1.807, 2.05) is 0 Å². The highest BCUT2D eigenvalue weighted by atomic mass is 32.2. The fourth-order valence-electron chi connectivity index (χ4n) is 1.43. The summed E-state index contributed by atoms with van der Waals surface area (Å²) in [5, 5.41) is 9.18. The van der Waals surface area contributed by atoms with Crippen molar-refractivity contribution < 1.29 is 8.42 Å². The number of aromatic amines is 1. The highest BCUT2D eigenvalue weighted by Gasteiger charge is 2.18. The van der Waals surface area contributed by atoms with E-state index in [9.17, 15) is 8.42 Å². The van der Waals surface area contributed by atoms with Gasteiger partial charge in [0.05, 0.1) is 11.9 Å². The monoisotopic (exact) mass is 267 g/mol. The molecule has 2 aromatic heterocycles. The van der Waals surface area contributed by atoms with Crippen LogP contribution in [0.1, 0.15) is 5.56 Å². The van der Waals surface area contributed by atoms with Crippen LogP contribution in [0.15, 0.2) is 35.7 Å². The van der Waals surface area contributed by atoms with Crippen LogP contribution in [0.25, 0.3) is 0 Å². The number of sulfonamides is 1. The summed E-state index contributed by atoms with van der Waals surface area (Å²) in [5.41, 5.74) is 1.26. The van der Waals surface area contributed by atoms with E-state index in [1.54, 1.807) is 25.5 Å². The van der Waals surface area contributed by atoms with Crippen molar-refractivity contribution in [3.05, 3.63) is 36.4 Å². The number of hydrogen-bond acceptors (Lipinski definition) is 5. The largest absolute Gasteiger partial charge is 0.387 e. The Morgan fingerprint density at radius 2 is 2.22 bits per heavy atom. The highest BCUT2D eigenvalue weighted by molar-refractivity contribution is 7.89. The number of pyridine rings is 1. The van der Waals surface area contributed by atoms with Gasteiger partial charge in [-0.25, -0.2) is 13.1 Å².